The lowest BCUT2D eigenvalue weighted by Crippen LogP contribution is -2.43. The first-order chi connectivity index (χ1) is 14.4. The largest absolute Gasteiger partial charge is 0.497 e. The molecule has 0 aliphatic carbocycles. The van der Waals surface area contributed by atoms with E-state index in [0.717, 1.165) is 30.4 Å². The standard InChI is InChI=1S/C24H33N5O/c1-7-25-24(27-16(2)12-23-17(3)28-29(5)18(23)4)26-15-19-8-9-21-14-22(30-6)11-10-20(21)13-19/h8-11,13-14,16H,7,12,15H2,1-6H3,(H2,25,26,27). The third-order valence-electron chi connectivity index (χ3n) is 5.43. The number of aliphatic imine (C=N–C) groups is 1. The number of rotatable bonds is 7. The van der Waals surface area contributed by atoms with E-state index in [-0.39, 0.29) is 6.04 Å². The highest BCUT2D eigenvalue weighted by atomic mass is 16.5. The number of aromatic nitrogens is 2. The number of aryl methyl sites for hydroxylation is 2. The van der Waals surface area contributed by atoms with Crippen molar-refractivity contribution in [3.8, 4) is 5.75 Å². The zero-order valence-corrected chi connectivity index (χ0v) is 18.9. The van der Waals surface area contributed by atoms with Gasteiger partial charge in [-0.2, -0.15) is 5.10 Å². The van der Waals surface area contributed by atoms with Crippen molar-refractivity contribution < 1.29 is 4.74 Å². The highest BCUT2D eigenvalue weighted by Crippen LogP contribution is 2.22. The molecule has 0 radical (unpaired) electrons. The molecule has 1 aromatic heterocycles. The number of hydrogen-bond acceptors (Lipinski definition) is 3. The van der Waals surface area contributed by atoms with Crippen molar-refractivity contribution in [2.24, 2.45) is 12.0 Å². The Morgan fingerprint density at radius 1 is 1.17 bits per heavy atom. The van der Waals surface area contributed by atoms with E-state index in [1.807, 2.05) is 17.8 Å². The number of guanidine groups is 1. The molecule has 0 fully saturated rings. The number of hydrogen-bond donors (Lipinski definition) is 2. The highest BCUT2D eigenvalue weighted by molar-refractivity contribution is 5.84. The van der Waals surface area contributed by atoms with Crippen LogP contribution < -0.4 is 15.4 Å². The van der Waals surface area contributed by atoms with Gasteiger partial charge in [0.15, 0.2) is 5.96 Å². The topological polar surface area (TPSA) is 63.5 Å². The van der Waals surface area contributed by atoms with E-state index in [2.05, 4.69) is 73.8 Å². The smallest absolute Gasteiger partial charge is 0.191 e. The monoisotopic (exact) mass is 407 g/mol. The second kappa shape index (κ2) is 9.65. The fourth-order valence-electron chi connectivity index (χ4n) is 3.69. The van der Waals surface area contributed by atoms with Crippen LogP contribution in [0, 0.1) is 13.8 Å². The molecule has 30 heavy (non-hydrogen) atoms. The lowest BCUT2D eigenvalue weighted by atomic mass is 10.1. The predicted molar refractivity (Wildman–Crippen MR) is 124 cm³/mol. The van der Waals surface area contributed by atoms with Gasteiger partial charge in [-0.3, -0.25) is 4.68 Å². The zero-order valence-electron chi connectivity index (χ0n) is 18.9. The number of benzene rings is 2. The summed E-state index contributed by atoms with van der Waals surface area (Å²) in [6, 6.07) is 12.8. The van der Waals surface area contributed by atoms with Crippen molar-refractivity contribution in [1.82, 2.24) is 20.4 Å². The van der Waals surface area contributed by atoms with E-state index in [1.165, 1.54) is 27.6 Å². The minimum atomic E-state index is 0.244. The van der Waals surface area contributed by atoms with Gasteiger partial charge < -0.3 is 15.4 Å². The van der Waals surface area contributed by atoms with E-state index in [4.69, 9.17) is 9.73 Å². The molecule has 0 amide bonds. The van der Waals surface area contributed by atoms with Gasteiger partial charge in [-0.15, -0.1) is 0 Å². The summed E-state index contributed by atoms with van der Waals surface area (Å²) in [4.78, 5) is 4.80. The SMILES string of the molecule is CCNC(=NCc1ccc2cc(OC)ccc2c1)NC(C)Cc1c(C)nn(C)c1C. The van der Waals surface area contributed by atoms with Gasteiger partial charge in [0, 0.05) is 25.3 Å². The fourth-order valence-corrected chi connectivity index (χ4v) is 3.69. The maximum Gasteiger partial charge on any atom is 0.191 e. The van der Waals surface area contributed by atoms with E-state index < -0.39 is 0 Å². The Kier molecular flexibility index (Phi) is 6.98. The average molecular weight is 408 g/mol. The summed E-state index contributed by atoms with van der Waals surface area (Å²) in [5, 5.41) is 13.8. The van der Waals surface area contributed by atoms with Gasteiger partial charge in [0.05, 0.1) is 19.3 Å². The second-order valence-electron chi connectivity index (χ2n) is 7.77. The van der Waals surface area contributed by atoms with Crippen molar-refractivity contribution in [3.05, 3.63) is 58.9 Å². The van der Waals surface area contributed by atoms with E-state index in [0.29, 0.717) is 6.54 Å². The molecule has 0 saturated heterocycles. The van der Waals surface area contributed by atoms with Crippen molar-refractivity contribution >= 4 is 16.7 Å². The van der Waals surface area contributed by atoms with Gasteiger partial charge in [0.2, 0.25) is 0 Å². The van der Waals surface area contributed by atoms with Crippen LogP contribution in [-0.2, 0) is 20.0 Å². The van der Waals surface area contributed by atoms with Crippen LogP contribution in [-0.4, -0.2) is 35.4 Å². The van der Waals surface area contributed by atoms with Crippen LogP contribution in [0.4, 0.5) is 0 Å². The zero-order chi connectivity index (χ0) is 21.7. The van der Waals surface area contributed by atoms with E-state index in [9.17, 15) is 0 Å². The Bertz CT molecular complexity index is 1040. The van der Waals surface area contributed by atoms with Crippen LogP contribution in [0.2, 0.25) is 0 Å². The summed E-state index contributed by atoms with van der Waals surface area (Å²) in [6.45, 7) is 9.90. The van der Waals surface area contributed by atoms with Gasteiger partial charge in [-0.1, -0.05) is 18.2 Å². The minimum Gasteiger partial charge on any atom is -0.497 e. The number of methoxy groups -OCH3 is 1. The molecule has 3 aromatic rings. The summed E-state index contributed by atoms with van der Waals surface area (Å²) >= 11 is 0. The molecule has 160 valence electrons. The average Bonchev–Trinajstić information content (AvgIpc) is 2.97. The lowest BCUT2D eigenvalue weighted by molar-refractivity contribution is 0.415. The Morgan fingerprint density at radius 3 is 2.57 bits per heavy atom. The number of fused-ring (bicyclic) bond motifs is 1. The quantitative estimate of drug-likeness (QED) is 0.461. The van der Waals surface area contributed by atoms with E-state index >= 15 is 0 Å². The molecule has 6 heteroatoms. The molecule has 3 rings (SSSR count). The fraction of sp³-hybridized carbons (Fsp3) is 0.417. The lowest BCUT2D eigenvalue weighted by Gasteiger charge is -2.18. The molecule has 0 aliphatic rings. The van der Waals surface area contributed by atoms with Crippen LogP contribution >= 0.6 is 0 Å². The van der Waals surface area contributed by atoms with Crippen molar-refractivity contribution in [2.45, 2.75) is 46.7 Å². The molecule has 2 N–H and O–H groups in total. The normalized spacial score (nSPS) is 12.8. The number of nitrogens with zero attached hydrogens (tertiary/aromatic N) is 3. The van der Waals surface area contributed by atoms with Crippen LogP contribution in [0.5, 0.6) is 5.75 Å². The van der Waals surface area contributed by atoms with Crippen LogP contribution in [0.25, 0.3) is 10.8 Å². The molecular weight excluding hydrogens is 374 g/mol. The Morgan fingerprint density at radius 2 is 1.90 bits per heavy atom. The molecule has 1 heterocycles. The van der Waals surface area contributed by atoms with Gasteiger partial charge in [-0.25, -0.2) is 4.99 Å². The molecule has 0 saturated carbocycles. The second-order valence-corrected chi connectivity index (χ2v) is 7.77. The summed E-state index contributed by atoms with van der Waals surface area (Å²) in [6.07, 6.45) is 0.910. The first kappa shape index (κ1) is 21.7. The summed E-state index contributed by atoms with van der Waals surface area (Å²) < 4.78 is 7.26. The third kappa shape index (κ3) is 5.12. The van der Waals surface area contributed by atoms with Gasteiger partial charge in [-0.05, 0) is 74.2 Å². The van der Waals surface area contributed by atoms with Crippen molar-refractivity contribution in [2.75, 3.05) is 13.7 Å². The molecule has 0 bridgehead atoms. The van der Waals surface area contributed by atoms with Gasteiger partial charge in [0.1, 0.15) is 5.75 Å². The highest BCUT2D eigenvalue weighted by Gasteiger charge is 2.14. The summed E-state index contributed by atoms with van der Waals surface area (Å²) in [5.41, 5.74) is 4.80. The van der Waals surface area contributed by atoms with Crippen LogP contribution in [0.1, 0.15) is 36.4 Å². The van der Waals surface area contributed by atoms with Crippen molar-refractivity contribution in [3.63, 3.8) is 0 Å². The molecule has 6 nitrogen and oxygen atoms in total. The molecular formula is C24H33N5O. The third-order valence-corrected chi connectivity index (χ3v) is 5.43. The maximum atomic E-state index is 5.31. The number of nitrogens with one attached hydrogen (secondary N) is 2. The Hall–Kier alpha value is -3.02. The Balaban J connectivity index is 1.70. The summed E-state index contributed by atoms with van der Waals surface area (Å²) in [5.74, 6) is 1.71. The first-order valence-electron chi connectivity index (χ1n) is 10.5. The molecule has 2 aromatic carbocycles. The predicted octanol–water partition coefficient (Wildman–Crippen LogP) is 3.89. The molecule has 0 aliphatic heterocycles. The molecule has 1 unspecified atom stereocenters. The van der Waals surface area contributed by atoms with Gasteiger partial charge >= 0.3 is 0 Å². The molecule has 0 spiro atoms. The summed E-state index contributed by atoms with van der Waals surface area (Å²) in [7, 11) is 3.69. The van der Waals surface area contributed by atoms with Crippen LogP contribution in [0.15, 0.2) is 41.4 Å². The van der Waals surface area contributed by atoms with Gasteiger partial charge in [0.25, 0.3) is 0 Å². The molecule has 1 atom stereocenters. The minimum absolute atomic E-state index is 0.244. The number of ether oxygens (including phenoxy) is 1. The van der Waals surface area contributed by atoms with Crippen LogP contribution in [0.3, 0.4) is 0 Å². The maximum absolute atomic E-state index is 5.31. The van der Waals surface area contributed by atoms with Crippen molar-refractivity contribution in [1.29, 1.82) is 0 Å². The van der Waals surface area contributed by atoms with E-state index in [1.54, 1.807) is 7.11 Å². The first-order valence-corrected chi connectivity index (χ1v) is 10.5. The Labute approximate surface area is 179 Å².